The molecule has 5 heteroatoms. The second kappa shape index (κ2) is 8.69. The summed E-state index contributed by atoms with van der Waals surface area (Å²) in [5.74, 6) is 0.177. The van der Waals surface area contributed by atoms with Crippen LogP contribution in [0.2, 0.25) is 0 Å². The van der Waals surface area contributed by atoms with E-state index in [1.165, 1.54) is 11.1 Å². The van der Waals surface area contributed by atoms with Gasteiger partial charge in [0.2, 0.25) is 5.91 Å². The fourth-order valence-electron chi connectivity index (χ4n) is 3.10. The van der Waals surface area contributed by atoms with Gasteiger partial charge < -0.3 is 10.6 Å². The summed E-state index contributed by atoms with van der Waals surface area (Å²) in [5.41, 5.74) is 4.70. The van der Waals surface area contributed by atoms with Crippen molar-refractivity contribution >= 4 is 17.5 Å². The molecule has 1 aromatic heterocycles. The Morgan fingerprint density at radius 2 is 1.45 bits per heavy atom. The van der Waals surface area contributed by atoms with E-state index >= 15 is 0 Å². The molecule has 1 fully saturated rings. The van der Waals surface area contributed by atoms with Crippen molar-refractivity contribution in [2.24, 2.45) is 5.92 Å². The van der Waals surface area contributed by atoms with Gasteiger partial charge in [0.15, 0.2) is 0 Å². The minimum atomic E-state index is -0.152. The highest BCUT2D eigenvalue weighted by molar-refractivity contribution is 6.04. The van der Waals surface area contributed by atoms with Gasteiger partial charge in [0, 0.05) is 36.1 Å². The number of nitrogens with zero attached hydrogens (tertiary/aromatic N) is 1. The SMILES string of the molecule is O=C(Nc1ccc(Cc2ccncc2)cc1)c1ccc(CNC(=O)C2CC2)cc1. The zero-order valence-electron chi connectivity index (χ0n) is 16.1. The van der Waals surface area contributed by atoms with Crippen LogP contribution in [0.5, 0.6) is 0 Å². The van der Waals surface area contributed by atoms with Crippen molar-refractivity contribution in [3.8, 4) is 0 Å². The first-order valence-corrected chi connectivity index (χ1v) is 9.83. The molecule has 2 amide bonds. The Hall–Kier alpha value is -3.47. The number of anilines is 1. The molecule has 0 aliphatic heterocycles. The van der Waals surface area contributed by atoms with E-state index in [0.717, 1.165) is 30.5 Å². The summed E-state index contributed by atoms with van der Waals surface area (Å²) in [5, 5.41) is 5.85. The average molecular weight is 385 g/mol. The lowest BCUT2D eigenvalue weighted by molar-refractivity contribution is -0.122. The van der Waals surface area contributed by atoms with Gasteiger partial charge in [-0.3, -0.25) is 14.6 Å². The van der Waals surface area contributed by atoms with Crippen LogP contribution in [-0.2, 0) is 17.8 Å². The molecule has 29 heavy (non-hydrogen) atoms. The monoisotopic (exact) mass is 385 g/mol. The fourth-order valence-corrected chi connectivity index (χ4v) is 3.10. The first-order valence-electron chi connectivity index (χ1n) is 9.83. The van der Waals surface area contributed by atoms with Crippen molar-refractivity contribution in [1.29, 1.82) is 0 Å². The minimum Gasteiger partial charge on any atom is -0.352 e. The third-order valence-corrected chi connectivity index (χ3v) is 5.00. The first kappa shape index (κ1) is 18.9. The summed E-state index contributed by atoms with van der Waals surface area (Å²) in [4.78, 5) is 28.2. The van der Waals surface area contributed by atoms with E-state index in [9.17, 15) is 9.59 Å². The molecule has 0 unspecified atom stereocenters. The number of benzene rings is 2. The Morgan fingerprint density at radius 1 is 0.828 bits per heavy atom. The van der Waals surface area contributed by atoms with Crippen LogP contribution in [-0.4, -0.2) is 16.8 Å². The minimum absolute atomic E-state index is 0.124. The summed E-state index contributed by atoms with van der Waals surface area (Å²) in [6.45, 7) is 0.496. The van der Waals surface area contributed by atoms with Crippen LogP contribution < -0.4 is 10.6 Å². The number of rotatable bonds is 7. The quantitative estimate of drug-likeness (QED) is 0.647. The molecular weight excluding hydrogens is 362 g/mol. The molecule has 0 spiro atoms. The molecule has 1 saturated carbocycles. The zero-order chi connectivity index (χ0) is 20.1. The van der Waals surface area contributed by atoms with Crippen molar-refractivity contribution in [2.75, 3.05) is 5.32 Å². The molecule has 1 aliphatic rings. The highest BCUT2D eigenvalue weighted by Gasteiger charge is 2.29. The number of hydrogen-bond acceptors (Lipinski definition) is 3. The van der Waals surface area contributed by atoms with Crippen LogP contribution in [0, 0.1) is 5.92 Å². The van der Waals surface area contributed by atoms with Crippen LogP contribution in [0.25, 0.3) is 0 Å². The van der Waals surface area contributed by atoms with Crippen LogP contribution in [0.15, 0.2) is 73.1 Å². The molecule has 1 heterocycles. The first-order chi connectivity index (χ1) is 14.2. The van der Waals surface area contributed by atoms with Gasteiger partial charge in [-0.05, 0) is 72.4 Å². The van der Waals surface area contributed by atoms with Crippen molar-refractivity contribution in [1.82, 2.24) is 10.3 Å². The lowest BCUT2D eigenvalue weighted by Gasteiger charge is -2.08. The number of pyridine rings is 1. The average Bonchev–Trinajstić information content (AvgIpc) is 3.60. The number of amides is 2. The lowest BCUT2D eigenvalue weighted by Crippen LogP contribution is -2.24. The Bertz CT molecular complexity index is 979. The summed E-state index contributed by atoms with van der Waals surface area (Å²) >= 11 is 0. The topological polar surface area (TPSA) is 71.1 Å². The van der Waals surface area contributed by atoms with Crippen molar-refractivity contribution in [3.63, 3.8) is 0 Å². The number of aromatic nitrogens is 1. The number of carbonyl (C=O) groups excluding carboxylic acids is 2. The Labute approximate surface area is 170 Å². The molecule has 146 valence electrons. The predicted octanol–water partition coefficient (Wildman–Crippen LogP) is 3.95. The van der Waals surface area contributed by atoms with Gasteiger partial charge in [0.1, 0.15) is 0 Å². The Kier molecular flexibility index (Phi) is 5.66. The molecule has 4 rings (SSSR count). The maximum Gasteiger partial charge on any atom is 0.255 e. The van der Waals surface area contributed by atoms with Crippen molar-refractivity contribution in [2.45, 2.75) is 25.8 Å². The van der Waals surface area contributed by atoms with Gasteiger partial charge in [-0.1, -0.05) is 24.3 Å². The molecular formula is C24H23N3O2. The van der Waals surface area contributed by atoms with E-state index in [1.807, 2.05) is 48.5 Å². The third-order valence-electron chi connectivity index (χ3n) is 5.00. The third kappa shape index (κ3) is 5.29. The highest BCUT2D eigenvalue weighted by atomic mass is 16.2. The molecule has 2 aromatic carbocycles. The smallest absolute Gasteiger partial charge is 0.255 e. The molecule has 0 saturated heterocycles. The molecule has 0 atom stereocenters. The van der Waals surface area contributed by atoms with Gasteiger partial charge in [0.25, 0.3) is 5.91 Å². The molecule has 2 N–H and O–H groups in total. The fraction of sp³-hybridized carbons (Fsp3) is 0.208. The number of carbonyl (C=O) groups is 2. The maximum atomic E-state index is 12.5. The van der Waals surface area contributed by atoms with Crippen LogP contribution >= 0.6 is 0 Å². The number of nitrogens with one attached hydrogen (secondary N) is 2. The molecule has 1 aliphatic carbocycles. The molecule has 3 aromatic rings. The van der Waals surface area contributed by atoms with Crippen LogP contribution in [0.3, 0.4) is 0 Å². The van der Waals surface area contributed by atoms with Gasteiger partial charge in [-0.25, -0.2) is 0 Å². The Balaban J connectivity index is 1.30. The summed E-state index contributed by atoms with van der Waals surface area (Å²) in [6, 6.07) is 19.2. The highest BCUT2D eigenvalue weighted by Crippen LogP contribution is 2.28. The lowest BCUT2D eigenvalue weighted by atomic mass is 10.1. The van der Waals surface area contributed by atoms with Crippen LogP contribution in [0.4, 0.5) is 5.69 Å². The van der Waals surface area contributed by atoms with Gasteiger partial charge >= 0.3 is 0 Å². The summed E-state index contributed by atoms with van der Waals surface area (Å²) < 4.78 is 0. The van der Waals surface area contributed by atoms with Gasteiger partial charge in [-0.2, -0.15) is 0 Å². The van der Waals surface area contributed by atoms with E-state index in [2.05, 4.69) is 15.6 Å². The van der Waals surface area contributed by atoms with E-state index in [1.54, 1.807) is 24.5 Å². The standard InChI is InChI=1S/C24H23N3O2/c28-23(20-7-8-20)26-16-19-1-5-21(6-2-19)24(29)27-22-9-3-17(4-10-22)15-18-11-13-25-14-12-18/h1-6,9-14,20H,7-8,15-16H2,(H,26,28)(H,27,29). The largest absolute Gasteiger partial charge is 0.352 e. The summed E-state index contributed by atoms with van der Waals surface area (Å²) in [6.07, 6.45) is 6.40. The van der Waals surface area contributed by atoms with E-state index in [0.29, 0.717) is 12.1 Å². The molecule has 0 radical (unpaired) electrons. The van der Waals surface area contributed by atoms with Gasteiger partial charge in [0.05, 0.1) is 0 Å². The molecule has 0 bridgehead atoms. The van der Waals surface area contributed by atoms with E-state index in [4.69, 9.17) is 0 Å². The van der Waals surface area contributed by atoms with E-state index in [-0.39, 0.29) is 17.7 Å². The van der Waals surface area contributed by atoms with Gasteiger partial charge in [-0.15, -0.1) is 0 Å². The van der Waals surface area contributed by atoms with E-state index < -0.39 is 0 Å². The summed E-state index contributed by atoms with van der Waals surface area (Å²) in [7, 11) is 0. The van der Waals surface area contributed by atoms with Crippen molar-refractivity contribution in [3.05, 3.63) is 95.3 Å². The number of hydrogen-bond donors (Lipinski definition) is 2. The van der Waals surface area contributed by atoms with Crippen LogP contribution in [0.1, 0.15) is 39.9 Å². The van der Waals surface area contributed by atoms with Crippen molar-refractivity contribution < 1.29 is 9.59 Å². The second-order valence-corrected chi connectivity index (χ2v) is 7.37. The normalized spacial score (nSPS) is 13.0. The zero-order valence-corrected chi connectivity index (χ0v) is 16.1. The maximum absolute atomic E-state index is 12.5. The predicted molar refractivity (Wildman–Crippen MR) is 112 cm³/mol. The molecule has 5 nitrogen and oxygen atoms in total. The Morgan fingerprint density at radius 3 is 2.10 bits per heavy atom. The second-order valence-electron chi connectivity index (χ2n) is 7.37.